The van der Waals surface area contributed by atoms with E-state index in [2.05, 4.69) is 45.1 Å². The monoisotopic (exact) mass is 517 g/mol. The summed E-state index contributed by atoms with van der Waals surface area (Å²) in [6.07, 6.45) is 1.93. The van der Waals surface area contributed by atoms with E-state index in [0.29, 0.717) is 0 Å². The average Bonchev–Trinajstić information content (AvgIpc) is 3.16. The summed E-state index contributed by atoms with van der Waals surface area (Å²) in [5, 5.41) is 9.92. The van der Waals surface area contributed by atoms with Crippen molar-refractivity contribution in [3.05, 3.63) is 41.4 Å². The molecule has 0 aliphatic heterocycles. The van der Waals surface area contributed by atoms with Crippen LogP contribution in [0.15, 0.2) is 40.7 Å². The van der Waals surface area contributed by atoms with Gasteiger partial charge in [0, 0.05) is 64.3 Å². The Hall–Kier alpha value is -1.23. The van der Waals surface area contributed by atoms with Crippen molar-refractivity contribution in [1.82, 2.24) is 20.5 Å². The third kappa shape index (κ3) is 9.31. The first-order valence-corrected chi connectivity index (χ1v) is 10.2. The first-order chi connectivity index (χ1) is 13.2. The number of benzene rings is 1. The summed E-state index contributed by atoms with van der Waals surface area (Å²) in [4.78, 5) is 11.3. The smallest absolute Gasteiger partial charge is 0.191 e. The molecule has 0 spiro atoms. The third-order valence-electron chi connectivity index (χ3n) is 4.14. The summed E-state index contributed by atoms with van der Waals surface area (Å²) >= 11 is 1.69. The molecule has 2 N–H and O–H groups in total. The number of likely N-dealkylation sites (N-methyl/N-ethyl adjacent to an activating group) is 1. The van der Waals surface area contributed by atoms with Gasteiger partial charge in [-0.25, -0.2) is 4.98 Å². The van der Waals surface area contributed by atoms with Gasteiger partial charge in [0.2, 0.25) is 0 Å². The number of thiazole rings is 1. The van der Waals surface area contributed by atoms with Crippen LogP contribution in [0.25, 0.3) is 10.6 Å². The van der Waals surface area contributed by atoms with Crippen LogP contribution >= 0.6 is 35.3 Å². The molecule has 0 saturated heterocycles. The highest BCUT2D eigenvalue weighted by molar-refractivity contribution is 14.0. The molecule has 0 radical (unpaired) electrons. The Kier molecular flexibility index (Phi) is 13.0. The van der Waals surface area contributed by atoms with Crippen molar-refractivity contribution in [1.29, 1.82) is 0 Å². The number of guanidine groups is 1. The van der Waals surface area contributed by atoms with Gasteiger partial charge in [-0.15, -0.1) is 35.3 Å². The summed E-state index contributed by atoms with van der Waals surface area (Å²) in [6.45, 7) is 4.48. The Morgan fingerprint density at radius 1 is 1.18 bits per heavy atom. The van der Waals surface area contributed by atoms with Crippen molar-refractivity contribution in [2.24, 2.45) is 4.99 Å². The van der Waals surface area contributed by atoms with Crippen molar-refractivity contribution in [3.63, 3.8) is 0 Å². The molecule has 0 aliphatic carbocycles. The molecule has 2 aromatic rings. The molecule has 1 heterocycles. The number of hydrogen-bond acceptors (Lipinski definition) is 5. The fourth-order valence-electron chi connectivity index (χ4n) is 2.62. The van der Waals surface area contributed by atoms with E-state index in [1.165, 1.54) is 5.56 Å². The van der Waals surface area contributed by atoms with Crippen molar-refractivity contribution in [3.8, 4) is 10.6 Å². The lowest BCUT2D eigenvalue weighted by atomic mass is 10.2. The van der Waals surface area contributed by atoms with Crippen LogP contribution in [-0.2, 0) is 11.2 Å². The number of ether oxygens (including phenoxy) is 1. The molecule has 0 aliphatic rings. The molecule has 8 heteroatoms. The molecule has 0 amide bonds. The summed E-state index contributed by atoms with van der Waals surface area (Å²) in [6, 6.07) is 10.3. The highest BCUT2D eigenvalue weighted by Gasteiger charge is 2.05. The van der Waals surface area contributed by atoms with Gasteiger partial charge in [-0.05, 0) is 13.5 Å². The van der Waals surface area contributed by atoms with E-state index in [1.54, 1.807) is 25.5 Å². The van der Waals surface area contributed by atoms with E-state index in [1.807, 2.05) is 18.2 Å². The van der Waals surface area contributed by atoms with E-state index in [0.717, 1.165) is 62.3 Å². The van der Waals surface area contributed by atoms with Gasteiger partial charge in [-0.1, -0.05) is 30.3 Å². The van der Waals surface area contributed by atoms with E-state index < -0.39 is 0 Å². The molecule has 0 unspecified atom stereocenters. The number of nitrogens with zero attached hydrogens (tertiary/aromatic N) is 3. The van der Waals surface area contributed by atoms with Crippen molar-refractivity contribution in [2.45, 2.75) is 12.8 Å². The van der Waals surface area contributed by atoms with Crippen LogP contribution in [0.2, 0.25) is 0 Å². The Morgan fingerprint density at radius 2 is 1.93 bits per heavy atom. The first kappa shape index (κ1) is 24.8. The quantitative estimate of drug-likeness (QED) is 0.208. The maximum absolute atomic E-state index is 5.08. The van der Waals surface area contributed by atoms with Gasteiger partial charge in [0.1, 0.15) is 5.01 Å². The maximum atomic E-state index is 5.08. The minimum atomic E-state index is 0. The molecule has 0 atom stereocenters. The average molecular weight is 517 g/mol. The summed E-state index contributed by atoms with van der Waals surface area (Å²) in [7, 11) is 5.67. The van der Waals surface area contributed by atoms with Crippen molar-refractivity contribution < 1.29 is 4.74 Å². The third-order valence-corrected chi connectivity index (χ3v) is 5.08. The minimum Gasteiger partial charge on any atom is -0.385 e. The second-order valence-corrected chi connectivity index (χ2v) is 7.19. The molecule has 0 bridgehead atoms. The van der Waals surface area contributed by atoms with Gasteiger partial charge in [-0.3, -0.25) is 4.99 Å². The fourth-order valence-corrected chi connectivity index (χ4v) is 3.48. The van der Waals surface area contributed by atoms with Gasteiger partial charge in [0.15, 0.2) is 5.96 Å². The number of nitrogens with one attached hydrogen (secondary N) is 2. The van der Waals surface area contributed by atoms with Gasteiger partial charge in [0.25, 0.3) is 0 Å². The number of rotatable bonds is 11. The lowest BCUT2D eigenvalue weighted by molar-refractivity contribution is 0.180. The molecule has 0 fully saturated rings. The van der Waals surface area contributed by atoms with Gasteiger partial charge >= 0.3 is 0 Å². The predicted octanol–water partition coefficient (Wildman–Crippen LogP) is 3.10. The summed E-state index contributed by atoms with van der Waals surface area (Å²) < 4.78 is 5.08. The normalized spacial score (nSPS) is 11.4. The van der Waals surface area contributed by atoms with Crippen LogP contribution in [0.4, 0.5) is 0 Å². The predicted molar refractivity (Wildman–Crippen MR) is 130 cm³/mol. The molecule has 28 heavy (non-hydrogen) atoms. The topological polar surface area (TPSA) is 61.8 Å². The molecular weight excluding hydrogens is 485 g/mol. The number of aromatic nitrogens is 1. The van der Waals surface area contributed by atoms with Gasteiger partial charge in [0.05, 0.1) is 5.69 Å². The zero-order valence-electron chi connectivity index (χ0n) is 17.0. The van der Waals surface area contributed by atoms with Crippen LogP contribution in [0.5, 0.6) is 0 Å². The molecule has 0 saturated carbocycles. The maximum Gasteiger partial charge on any atom is 0.191 e. The van der Waals surface area contributed by atoms with Crippen LogP contribution in [0.3, 0.4) is 0 Å². The van der Waals surface area contributed by atoms with Crippen LogP contribution in [0.1, 0.15) is 12.1 Å². The second-order valence-electron chi connectivity index (χ2n) is 6.34. The highest BCUT2D eigenvalue weighted by Crippen LogP contribution is 2.23. The molecule has 6 nitrogen and oxygen atoms in total. The zero-order chi connectivity index (χ0) is 19.3. The van der Waals surface area contributed by atoms with Gasteiger partial charge < -0.3 is 20.3 Å². The SMILES string of the molecule is CN=C(NCCc1csc(-c2ccccc2)n1)NCCN(C)CCCOC.I. The van der Waals surface area contributed by atoms with E-state index in [4.69, 9.17) is 9.72 Å². The van der Waals surface area contributed by atoms with E-state index >= 15 is 0 Å². The summed E-state index contributed by atoms with van der Waals surface area (Å²) in [5.74, 6) is 0.832. The van der Waals surface area contributed by atoms with Crippen LogP contribution < -0.4 is 10.6 Å². The lowest BCUT2D eigenvalue weighted by Gasteiger charge is -2.18. The molecule has 156 valence electrons. The number of aliphatic imine (C=N–C) groups is 1. The number of methoxy groups -OCH3 is 1. The van der Waals surface area contributed by atoms with Crippen LogP contribution in [0, 0.1) is 0 Å². The highest BCUT2D eigenvalue weighted by atomic mass is 127. The largest absolute Gasteiger partial charge is 0.385 e. The minimum absolute atomic E-state index is 0. The van der Waals surface area contributed by atoms with E-state index in [-0.39, 0.29) is 24.0 Å². The molecule has 2 rings (SSSR count). The number of hydrogen-bond donors (Lipinski definition) is 2. The molecule has 1 aromatic heterocycles. The van der Waals surface area contributed by atoms with Crippen LogP contribution in [-0.4, -0.2) is 69.8 Å². The molecular formula is C20H32IN5OS. The summed E-state index contributed by atoms with van der Waals surface area (Å²) in [5.41, 5.74) is 2.29. The lowest BCUT2D eigenvalue weighted by Crippen LogP contribution is -2.41. The Morgan fingerprint density at radius 3 is 2.64 bits per heavy atom. The molecule has 1 aromatic carbocycles. The Labute approximate surface area is 189 Å². The zero-order valence-corrected chi connectivity index (χ0v) is 20.1. The Bertz CT molecular complexity index is 680. The fraction of sp³-hybridized carbons (Fsp3) is 0.500. The van der Waals surface area contributed by atoms with E-state index in [9.17, 15) is 0 Å². The number of halogens is 1. The second kappa shape index (κ2) is 14.7. The first-order valence-electron chi connectivity index (χ1n) is 9.34. The van der Waals surface area contributed by atoms with Crippen molar-refractivity contribution >= 4 is 41.3 Å². The Balaban J connectivity index is 0.00000392. The van der Waals surface area contributed by atoms with Crippen molar-refractivity contribution in [2.75, 3.05) is 54.0 Å². The standard InChI is InChI=1S/C20H31N5OS.HI/c1-21-20(23-12-14-25(2)13-7-15-26-3)22-11-10-18-16-27-19(24-18)17-8-5-4-6-9-17;/h4-6,8-9,16H,7,10-15H2,1-3H3,(H2,21,22,23);1H. The van der Waals surface area contributed by atoms with Gasteiger partial charge in [-0.2, -0.15) is 0 Å².